The highest BCUT2D eigenvalue weighted by Crippen LogP contribution is 2.16. The lowest BCUT2D eigenvalue weighted by Gasteiger charge is -2.06. The number of aromatic amines is 1. The van der Waals surface area contributed by atoms with E-state index in [1.165, 1.54) is 13.4 Å². The van der Waals surface area contributed by atoms with E-state index in [4.69, 9.17) is 4.74 Å². The molecule has 0 saturated carbocycles. The average Bonchev–Trinajstić information content (AvgIpc) is 2.91. The van der Waals surface area contributed by atoms with Crippen molar-refractivity contribution in [2.75, 3.05) is 17.7 Å². The van der Waals surface area contributed by atoms with Crippen LogP contribution in [0.3, 0.4) is 0 Å². The van der Waals surface area contributed by atoms with Crippen LogP contribution in [0.2, 0.25) is 0 Å². The normalized spacial score (nSPS) is 9.74. The van der Waals surface area contributed by atoms with Crippen LogP contribution in [-0.2, 0) is 9.59 Å². The van der Waals surface area contributed by atoms with Crippen LogP contribution in [0.4, 0.5) is 11.6 Å². The van der Waals surface area contributed by atoms with Gasteiger partial charge in [-0.25, -0.2) is 5.10 Å². The second-order valence-corrected chi connectivity index (χ2v) is 3.47. The summed E-state index contributed by atoms with van der Waals surface area (Å²) in [6, 6.07) is 6.66. The van der Waals surface area contributed by atoms with Crippen molar-refractivity contribution in [3.05, 3.63) is 30.6 Å². The zero-order valence-electron chi connectivity index (χ0n) is 10.0. The van der Waals surface area contributed by atoms with E-state index >= 15 is 0 Å². The standard InChI is InChI=1S/C11H11N5O3/c1-19-8-4-2-3-7(5-8)14-9(17)10(18)15-11-12-6-13-16-11/h2-6H,1H3,(H,14,17)(H2,12,13,15,16,18). The summed E-state index contributed by atoms with van der Waals surface area (Å²) in [6.45, 7) is 0. The van der Waals surface area contributed by atoms with Crippen LogP contribution < -0.4 is 15.4 Å². The van der Waals surface area contributed by atoms with E-state index in [0.717, 1.165) is 0 Å². The molecular formula is C11H11N5O3. The molecule has 1 heterocycles. The molecule has 2 amide bonds. The number of methoxy groups -OCH3 is 1. The van der Waals surface area contributed by atoms with Gasteiger partial charge in [0.25, 0.3) is 0 Å². The molecule has 19 heavy (non-hydrogen) atoms. The lowest BCUT2D eigenvalue weighted by molar-refractivity contribution is -0.133. The zero-order chi connectivity index (χ0) is 13.7. The lowest BCUT2D eigenvalue weighted by atomic mass is 10.3. The van der Waals surface area contributed by atoms with Crippen LogP contribution in [0.25, 0.3) is 0 Å². The highest BCUT2D eigenvalue weighted by Gasteiger charge is 2.15. The highest BCUT2D eigenvalue weighted by molar-refractivity contribution is 6.43. The van der Waals surface area contributed by atoms with Crippen molar-refractivity contribution in [3.63, 3.8) is 0 Å². The number of nitrogens with one attached hydrogen (secondary N) is 3. The van der Waals surface area contributed by atoms with Gasteiger partial charge in [-0.05, 0) is 12.1 Å². The smallest absolute Gasteiger partial charge is 0.316 e. The lowest BCUT2D eigenvalue weighted by Crippen LogP contribution is -2.29. The molecule has 0 radical (unpaired) electrons. The molecule has 0 aliphatic heterocycles. The van der Waals surface area contributed by atoms with Gasteiger partial charge in [0.05, 0.1) is 7.11 Å². The maximum Gasteiger partial charge on any atom is 0.316 e. The van der Waals surface area contributed by atoms with Crippen LogP contribution in [0.15, 0.2) is 30.6 Å². The van der Waals surface area contributed by atoms with Crippen LogP contribution in [0.1, 0.15) is 0 Å². The Hall–Kier alpha value is -2.90. The van der Waals surface area contributed by atoms with Crippen molar-refractivity contribution in [2.24, 2.45) is 0 Å². The minimum atomic E-state index is -0.848. The van der Waals surface area contributed by atoms with E-state index in [9.17, 15) is 9.59 Å². The first kappa shape index (κ1) is 12.6. The van der Waals surface area contributed by atoms with E-state index < -0.39 is 11.8 Å². The van der Waals surface area contributed by atoms with Crippen molar-refractivity contribution in [3.8, 4) is 5.75 Å². The second kappa shape index (κ2) is 5.63. The van der Waals surface area contributed by atoms with Gasteiger partial charge in [-0.15, -0.1) is 0 Å². The third-order valence-corrected chi connectivity index (χ3v) is 2.18. The molecule has 0 fully saturated rings. The third-order valence-electron chi connectivity index (χ3n) is 2.18. The predicted molar refractivity (Wildman–Crippen MR) is 66.6 cm³/mol. The number of rotatable bonds is 3. The predicted octanol–water partition coefficient (Wildman–Crippen LogP) is 0.390. The molecule has 98 valence electrons. The highest BCUT2D eigenvalue weighted by atomic mass is 16.5. The maximum atomic E-state index is 11.6. The molecule has 3 N–H and O–H groups in total. The fourth-order valence-electron chi connectivity index (χ4n) is 1.32. The summed E-state index contributed by atoms with van der Waals surface area (Å²) < 4.78 is 5.01. The van der Waals surface area contributed by atoms with E-state index in [-0.39, 0.29) is 5.95 Å². The summed E-state index contributed by atoms with van der Waals surface area (Å²) in [7, 11) is 1.51. The third kappa shape index (κ3) is 3.28. The monoisotopic (exact) mass is 261 g/mol. The Morgan fingerprint density at radius 3 is 2.74 bits per heavy atom. The summed E-state index contributed by atoms with van der Waals surface area (Å²) in [4.78, 5) is 26.8. The Labute approximate surface area is 108 Å². The molecule has 0 bridgehead atoms. The molecule has 8 nitrogen and oxygen atoms in total. The SMILES string of the molecule is COc1cccc(NC(=O)C(=O)Nc2ncn[nH]2)c1. The number of amides is 2. The van der Waals surface area contributed by atoms with Gasteiger partial charge in [0.15, 0.2) is 0 Å². The number of ether oxygens (including phenoxy) is 1. The van der Waals surface area contributed by atoms with E-state index in [1.54, 1.807) is 24.3 Å². The summed E-state index contributed by atoms with van der Waals surface area (Å²) in [5, 5.41) is 10.6. The fraction of sp³-hybridized carbons (Fsp3) is 0.0909. The van der Waals surface area contributed by atoms with Crippen molar-refractivity contribution in [1.82, 2.24) is 15.2 Å². The van der Waals surface area contributed by atoms with Gasteiger partial charge in [-0.3, -0.25) is 14.9 Å². The quantitative estimate of drug-likeness (QED) is 0.692. The van der Waals surface area contributed by atoms with Gasteiger partial charge in [0.2, 0.25) is 5.95 Å². The summed E-state index contributed by atoms with van der Waals surface area (Å²) in [5.41, 5.74) is 0.456. The maximum absolute atomic E-state index is 11.6. The number of carbonyl (C=O) groups is 2. The Kier molecular flexibility index (Phi) is 3.72. The molecule has 2 aromatic rings. The van der Waals surface area contributed by atoms with Crippen LogP contribution in [-0.4, -0.2) is 34.1 Å². The number of nitrogens with zero attached hydrogens (tertiary/aromatic N) is 2. The fourth-order valence-corrected chi connectivity index (χ4v) is 1.32. The minimum absolute atomic E-state index is 0.103. The van der Waals surface area contributed by atoms with Gasteiger partial charge >= 0.3 is 11.8 Å². The molecule has 0 unspecified atom stereocenters. The average molecular weight is 261 g/mol. The summed E-state index contributed by atoms with van der Waals surface area (Å²) in [5.74, 6) is -0.983. The first-order valence-electron chi connectivity index (χ1n) is 5.31. The Morgan fingerprint density at radius 2 is 2.05 bits per heavy atom. The number of carbonyl (C=O) groups excluding carboxylic acids is 2. The van der Waals surface area contributed by atoms with Crippen molar-refractivity contribution >= 4 is 23.5 Å². The molecule has 0 aliphatic carbocycles. The topological polar surface area (TPSA) is 109 Å². The zero-order valence-corrected chi connectivity index (χ0v) is 10.0. The first-order valence-corrected chi connectivity index (χ1v) is 5.31. The van der Waals surface area contributed by atoms with E-state index in [2.05, 4.69) is 25.8 Å². The molecule has 0 atom stereocenters. The molecule has 2 rings (SSSR count). The van der Waals surface area contributed by atoms with Crippen molar-refractivity contribution in [2.45, 2.75) is 0 Å². The molecule has 8 heteroatoms. The summed E-state index contributed by atoms with van der Waals surface area (Å²) >= 11 is 0. The van der Waals surface area contributed by atoms with Crippen molar-refractivity contribution in [1.29, 1.82) is 0 Å². The largest absolute Gasteiger partial charge is 0.497 e. The molecule has 0 saturated heterocycles. The van der Waals surface area contributed by atoms with Crippen LogP contribution >= 0.6 is 0 Å². The van der Waals surface area contributed by atoms with Gasteiger partial charge in [0.1, 0.15) is 12.1 Å². The minimum Gasteiger partial charge on any atom is -0.497 e. The second-order valence-electron chi connectivity index (χ2n) is 3.47. The van der Waals surface area contributed by atoms with Gasteiger partial charge in [-0.1, -0.05) is 6.07 Å². The molecule has 1 aromatic heterocycles. The molecular weight excluding hydrogens is 250 g/mol. The Morgan fingerprint density at radius 1 is 1.26 bits per heavy atom. The molecule has 1 aromatic carbocycles. The van der Waals surface area contributed by atoms with Crippen LogP contribution in [0.5, 0.6) is 5.75 Å². The van der Waals surface area contributed by atoms with Crippen molar-refractivity contribution < 1.29 is 14.3 Å². The Balaban J connectivity index is 1.98. The van der Waals surface area contributed by atoms with Crippen LogP contribution in [0, 0.1) is 0 Å². The van der Waals surface area contributed by atoms with E-state index in [1.807, 2.05) is 0 Å². The number of hydrogen-bond acceptors (Lipinski definition) is 5. The Bertz CT molecular complexity index is 582. The number of hydrogen-bond donors (Lipinski definition) is 3. The van der Waals surface area contributed by atoms with Gasteiger partial charge in [-0.2, -0.15) is 10.1 Å². The first-order chi connectivity index (χ1) is 9.19. The van der Waals surface area contributed by atoms with Gasteiger partial charge < -0.3 is 10.1 Å². The summed E-state index contributed by atoms with van der Waals surface area (Å²) in [6.07, 6.45) is 1.22. The van der Waals surface area contributed by atoms with Gasteiger partial charge in [0, 0.05) is 11.8 Å². The molecule has 0 spiro atoms. The number of aromatic nitrogens is 3. The number of benzene rings is 1. The molecule has 0 aliphatic rings. The number of H-pyrrole nitrogens is 1. The number of anilines is 2. The van der Waals surface area contributed by atoms with E-state index in [0.29, 0.717) is 11.4 Å².